The van der Waals surface area contributed by atoms with Crippen molar-refractivity contribution >= 4 is 34.4 Å². The van der Waals surface area contributed by atoms with Crippen LogP contribution in [0.25, 0.3) is 11.0 Å². The van der Waals surface area contributed by atoms with Gasteiger partial charge in [-0.05, 0) is 37.0 Å². The number of ether oxygens (including phenoxy) is 1. The smallest absolute Gasteiger partial charge is 0.146 e. The highest BCUT2D eigenvalue weighted by Gasteiger charge is 2.13. The third-order valence-corrected chi connectivity index (χ3v) is 4.48. The predicted molar refractivity (Wildman–Crippen MR) is 92.9 cm³/mol. The maximum absolute atomic E-state index is 5.92. The normalized spacial score (nSPS) is 11.2. The summed E-state index contributed by atoms with van der Waals surface area (Å²) in [6.07, 6.45) is 6.67. The van der Waals surface area contributed by atoms with Gasteiger partial charge in [-0.3, -0.25) is 0 Å². The van der Waals surface area contributed by atoms with E-state index in [4.69, 9.17) is 21.3 Å². The first kappa shape index (κ1) is 16.5. The van der Waals surface area contributed by atoms with Gasteiger partial charge < -0.3 is 9.30 Å². The molecule has 0 N–H and O–H groups in total. The molecule has 0 spiro atoms. The highest BCUT2D eigenvalue weighted by Crippen LogP contribution is 2.26. The third-order valence-electron chi connectivity index (χ3n) is 3.59. The minimum atomic E-state index is 0.595. The second kappa shape index (κ2) is 8.54. The number of fused-ring (bicyclic) bond motifs is 1. The number of rotatable bonds is 9. The minimum absolute atomic E-state index is 0.595. The molecule has 21 heavy (non-hydrogen) atoms. The number of halogens is 1. The molecular weight excluding hydrogens is 304 g/mol. The number of hydrogen-bond acceptors (Lipinski definition) is 3. The number of aryl methyl sites for hydroxylation is 2. The van der Waals surface area contributed by atoms with Gasteiger partial charge in [0.05, 0.1) is 12.6 Å². The highest BCUT2D eigenvalue weighted by atomic mass is 35.5. The lowest BCUT2D eigenvalue weighted by molar-refractivity contribution is 0.419. The number of para-hydroxylation sites is 1. The minimum Gasteiger partial charge on any atom is -0.494 e. The molecule has 2 rings (SSSR count). The van der Waals surface area contributed by atoms with Crippen molar-refractivity contribution in [1.29, 1.82) is 0 Å². The van der Waals surface area contributed by atoms with Crippen LogP contribution in [0.4, 0.5) is 0 Å². The molecule has 0 saturated carbocycles. The fraction of sp³-hybridized carbons (Fsp3) is 0.562. The Morgan fingerprint density at radius 2 is 2.14 bits per heavy atom. The zero-order chi connectivity index (χ0) is 15.1. The third kappa shape index (κ3) is 4.07. The molecule has 1 heterocycles. The van der Waals surface area contributed by atoms with Crippen molar-refractivity contribution in [1.82, 2.24) is 9.55 Å². The van der Waals surface area contributed by atoms with Crippen LogP contribution in [0.15, 0.2) is 18.2 Å². The molecule has 3 nitrogen and oxygen atoms in total. The Morgan fingerprint density at radius 3 is 2.86 bits per heavy atom. The molecule has 0 atom stereocenters. The molecule has 5 heteroatoms. The number of hydrogen-bond donors (Lipinski definition) is 0. The van der Waals surface area contributed by atoms with Crippen LogP contribution in [-0.4, -0.2) is 34.5 Å². The first-order valence-electron chi connectivity index (χ1n) is 7.38. The Morgan fingerprint density at radius 1 is 1.29 bits per heavy atom. The zero-order valence-electron chi connectivity index (χ0n) is 12.8. The molecule has 0 aliphatic heterocycles. The highest BCUT2D eigenvalue weighted by molar-refractivity contribution is 7.98. The van der Waals surface area contributed by atoms with E-state index < -0.39 is 0 Å². The van der Waals surface area contributed by atoms with E-state index in [1.165, 1.54) is 25.0 Å². The van der Waals surface area contributed by atoms with Gasteiger partial charge in [0.15, 0.2) is 0 Å². The summed E-state index contributed by atoms with van der Waals surface area (Å²) in [6.45, 7) is 1.00. The van der Waals surface area contributed by atoms with Gasteiger partial charge in [0.1, 0.15) is 17.1 Å². The molecule has 0 radical (unpaired) electrons. The van der Waals surface area contributed by atoms with Crippen molar-refractivity contribution in [2.45, 2.75) is 32.2 Å². The largest absolute Gasteiger partial charge is 0.494 e. The van der Waals surface area contributed by atoms with E-state index in [1.54, 1.807) is 7.11 Å². The van der Waals surface area contributed by atoms with Gasteiger partial charge in [0.2, 0.25) is 0 Å². The molecule has 116 valence electrons. The lowest BCUT2D eigenvalue weighted by atomic mass is 10.2. The van der Waals surface area contributed by atoms with Crippen LogP contribution in [0.1, 0.15) is 25.1 Å². The van der Waals surface area contributed by atoms with E-state index in [1.807, 2.05) is 23.9 Å². The zero-order valence-corrected chi connectivity index (χ0v) is 14.3. The Kier molecular flexibility index (Phi) is 6.71. The number of benzene rings is 1. The van der Waals surface area contributed by atoms with Gasteiger partial charge >= 0.3 is 0 Å². The molecule has 1 aromatic carbocycles. The average molecular weight is 327 g/mol. The van der Waals surface area contributed by atoms with E-state index in [9.17, 15) is 0 Å². The van der Waals surface area contributed by atoms with Crippen molar-refractivity contribution < 1.29 is 4.74 Å². The van der Waals surface area contributed by atoms with Crippen LogP contribution >= 0.6 is 23.4 Å². The quantitative estimate of drug-likeness (QED) is 0.506. The molecule has 0 amide bonds. The van der Waals surface area contributed by atoms with Crippen molar-refractivity contribution in [2.75, 3.05) is 25.0 Å². The standard InChI is InChI=1S/C16H23ClN2OS/c1-20-14-8-6-7-13-16(14)18-15(9-10-17)19(13)11-4-3-5-12-21-2/h6-8H,3-5,9-12H2,1-2H3. The second-order valence-corrected chi connectivity index (χ2v) is 6.36. The molecule has 0 bridgehead atoms. The summed E-state index contributed by atoms with van der Waals surface area (Å²) in [6, 6.07) is 6.10. The van der Waals surface area contributed by atoms with E-state index in [0.717, 1.165) is 35.6 Å². The van der Waals surface area contributed by atoms with Gasteiger partial charge in [-0.2, -0.15) is 11.8 Å². The van der Waals surface area contributed by atoms with Crippen LogP contribution < -0.4 is 4.74 Å². The van der Waals surface area contributed by atoms with Crippen LogP contribution in [0.3, 0.4) is 0 Å². The molecule has 1 aromatic heterocycles. The molecule has 0 saturated heterocycles. The molecule has 2 aromatic rings. The number of alkyl halides is 1. The number of thioether (sulfide) groups is 1. The van der Waals surface area contributed by atoms with Gasteiger partial charge in [0, 0.05) is 18.8 Å². The Hall–Kier alpha value is -0.870. The first-order valence-corrected chi connectivity index (χ1v) is 9.31. The summed E-state index contributed by atoms with van der Waals surface area (Å²) >= 11 is 7.84. The summed E-state index contributed by atoms with van der Waals surface area (Å²) in [4.78, 5) is 4.74. The predicted octanol–water partition coefficient (Wildman–Crippen LogP) is 4.36. The number of imidazole rings is 1. The average Bonchev–Trinajstić information content (AvgIpc) is 2.85. The van der Waals surface area contributed by atoms with Gasteiger partial charge in [-0.15, -0.1) is 11.6 Å². The van der Waals surface area contributed by atoms with E-state index in [0.29, 0.717) is 5.88 Å². The van der Waals surface area contributed by atoms with E-state index >= 15 is 0 Å². The van der Waals surface area contributed by atoms with Crippen LogP contribution in [0, 0.1) is 0 Å². The maximum atomic E-state index is 5.92. The second-order valence-electron chi connectivity index (χ2n) is 5.00. The van der Waals surface area contributed by atoms with Gasteiger partial charge in [-0.25, -0.2) is 4.98 Å². The molecule has 0 unspecified atom stereocenters. The lowest BCUT2D eigenvalue weighted by Crippen LogP contribution is -2.05. The summed E-state index contributed by atoms with van der Waals surface area (Å²) in [7, 11) is 1.69. The monoisotopic (exact) mass is 326 g/mol. The Labute approximate surface area is 136 Å². The first-order chi connectivity index (χ1) is 10.3. The number of nitrogens with zero attached hydrogens (tertiary/aromatic N) is 2. The SMILES string of the molecule is COc1cccc2c1nc(CCCl)n2CCCCCSC. The Bertz CT molecular complexity index is 571. The fourth-order valence-corrected chi connectivity index (χ4v) is 3.21. The fourth-order valence-electron chi connectivity index (χ4n) is 2.55. The van der Waals surface area contributed by atoms with Crippen molar-refractivity contribution in [2.24, 2.45) is 0 Å². The van der Waals surface area contributed by atoms with Crippen LogP contribution in [-0.2, 0) is 13.0 Å². The number of aromatic nitrogens is 2. The summed E-state index contributed by atoms with van der Waals surface area (Å²) in [5.74, 6) is 3.74. The number of methoxy groups -OCH3 is 1. The van der Waals surface area contributed by atoms with Crippen LogP contribution in [0.2, 0.25) is 0 Å². The van der Waals surface area contributed by atoms with Crippen molar-refractivity contribution in [3.8, 4) is 5.75 Å². The van der Waals surface area contributed by atoms with E-state index in [2.05, 4.69) is 16.9 Å². The van der Waals surface area contributed by atoms with Crippen LogP contribution in [0.5, 0.6) is 5.75 Å². The van der Waals surface area contributed by atoms with E-state index in [-0.39, 0.29) is 0 Å². The molecule has 0 fully saturated rings. The Balaban J connectivity index is 2.20. The molecule has 0 aliphatic carbocycles. The maximum Gasteiger partial charge on any atom is 0.146 e. The summed E-state index contributed by atoms with van der Waals surface area (Å²) in [5.41, 5.74) is 2.10. The lowest BCUT2D eigenvalue weighted by Gasteiger charge is -2.08. The van der Waals surface area contributed by atoms with Crippen molar-refractivity contribution in [3.63, 3.8) is 0 Å². The topological polar surface area (TPSA) is 27.1 Å². The van der Waals surface area contributed by atoms with Crippen molar-refractivity contribution in [3.05, 3.63) is 24.0 Å². The summed E-state index contributed by atoms with van der Waals surface area (Å²) < 4.78 is 7.72. The molecular formula is C16H23ClN2OS. The van der Waals surface area contributed by atoms with Gasteiger partial charge in [0.25, 0.3) is 0 Å². The van der Waals surface area contributed by atoms with Gasteiger partial charge in [-0.1, -0.05) is 12.5 Å². The summed E-state index contributed by atoms with van der Waals surface area (Å²) in [5, 5.41) is 0. The molecule has 0 aliphatic rings. The number of unbranched alkanes of at least 4 members (excludes halogenated alkanes) is 2.